The number of likely N-dealkylation sites (tertiary alicyclic amines) is 1. The summed E-state index contributed by atoms with van der Waals surface area (Å²) in [5.41, 5.74) is 1.41. The van der Waals surface area contributed by atoms with Crippen LogP contribution in [0.5, 0.6) is 5.75 Å². The zero-order chi connectivity index (χ0) is 29.1. The molecule has 0 radical (unpaired) electrons. The van der Waals surface area contributed by atoms with Gasteiger partial charge in [0.15, 0.2) is 0 Å². The van der Waals surface area contributed by atoms with E-state index in [0.717, 1.165) is 37.0 Å². The Hall–Kier alpha value is -3.39. The lowest BCUT2D eigenvalue weighted by Crippen LogP contribution is -2.41. The van der Waals surface area contributed by atoms with Gasteiger partial charge in [-0.3, -0.25) is 14.7 Å². The molecule has 2 aromatic carbocycles. The van der Waals surface area contributed by atoms with E-state index in [2.05, 4.69) is 49.8 Å². The Bertz CT molecular complexity index is 1330. The summed E-state index contributed by atoms with van der Waals surface area (Å²) < 4.78 is 46.5. The molecule has 3 aromatic rings. The zero-order valence-corrected chi connectivity index (χ0v) is 23.9. The first-order chi connectivity index (χ1) is 18.7. The van der Waals surface area contributed by atoms with E-state index < -0.39 is 11.7 Å². The number of halogens is 3. The van der Waals surface area contributed by atoms with Crippen LogP contribution in [0.1, 0.15) is 68.9 Å². The Balaban J connectivity index is 1.47. The zero-order valence-electron chi connectivity index (χ0n) is 23.9. The lowest BCUT2D eigenvalue weighted by molar-refractivity contribution is -0.137. The standard InChI is InChI=1S/C32H38F3N3O2/c1-30(2,3)25-14-13-24(20-27(25)40-19-18-38-17-7-15-31(4,5)21-38)37-29(39)23-11-9-22(10-12-23)28-26(32(33,34)35)8-6-16-36-28/h6,8-14,16,20H,7,15,17-19,21H2,1-5H3,(H,37,39). The van der Waals surface area contributed by atoms with Gasteiger partial charge in [0.2, 0.25) is 0 Å². The fraction of sp³-hybridized carbons (Fsp3) is 0.438. The van der Waals surface area contributed by atoms with Crippen molar-refractivity contribution < 1.29 is 22.7 Å². The second-order valence-electron chi connectivity index (χ2n) is 12.3. The van der Waals surface area contributed by atoms with Crippen LogP contribution in [-0.2, 0) is 11.6 Å². The highest BCUT2D eigenvalue weighted by atomic mass is 19.4. The molecule has 1 aromatic heterocycles. The monoisotopic (exact) mass is 553 g/mol. The highest BCUT2D eigenvalue weighted by molar-refractivity contribution is 6.04. The molecule has 4 rings (SSSR count). The predicted octanol–water partition coefficient (Wildman–Crippen LogP) is 7.82. The number of amides is 1. The molecular weight excluding hydrogens is 515 g/mol. The van der Waals surface area contributed by atoms with Gasteiger partial charge in [0, 0.05) is 42.2 Å². The van der Waals surface area contributed by atoms with Crippen LogP contribution >= 0.6 is 0 Å². The first-order valence-corrected chi connectivity index (χ1v) is 13.7. The van der Waals surface area contributed by atoms with E-state index in [4.69, 9.17) is 4.74 Å². The number of hydrogen-bond acceptors (Lipinski definition) is 4. The number of nitrogens with one attached hydrogen (secondary N) is 1. The first kappa shape index (κ1) is 29.6. The van der Waals surface area contributed by atoms with Gasteiger partial charge in [0.1, 0.15) is 12.4 Å². The summed E-state index contributed by atoms with van der Waals surface area (Å²) in [5, 5.41) is 2.90. The molecule has 0 bridgehead atoms. The Kier molecular flexibility index (Phi) is 8.59. The van der Waals surface area contributed by atoms with Gasteiger partial charge in [-0.15, -0.1) is 0 Å². The van der Waals surface area contributed by atoms with E-state index in [0.29, 0.717) is 23.3 Å². The summed E-state index contributed by atoms with van der Waals surface area (Å²) in [6.45, 7) is 14.5. The lowest BCUT2D eigenvalue weighted by Gasteiger charge is -2.38. The second kappa shape index (κ2) is 11.6. The van der Waals surface area contributed by atoms with Crippen molar-refractivity contribution in [3.8, 4) is 17.0 Å². The number of benzene rings is 2. The van der Waals surface area contributed by atoms with Crippen LogP contribution in [0.3, 0.4) is 0 Å². The van der Waals surface area contributed by atoms with Gasteiger partial charge < -0.3 is 10.1 Å². The van der Waals surface area contributed by atoms with E-state index in [1.54, 1.807) is 0 Å². The Morgan fingerprint density at radius 3 is 2.42 bits per heavy atom. The smallest absolute Gasteiger partial charge is 0.418 e. The number of hydrogen-bond donors (Lipinski definition) is 1. The van der Waals surface area contributed by atoms with E-state index in [1.807, 2.05) is 18.2 Å². The predicted molar refractivity (Wildman–Crippen MR) is 153 cm³/mol. The Morgan fingerprint density at radius 1 is 1.05 bits per heavy atom. The molecule has 1 fully saturated rings. The van der Waals surface area contributed by atoms with Gasteiger partial charge in [-0.05, 0) is 66.1 Å². The summed E-state index contributed by atoms with van der Waals surface area (Å²) in [4.78, 5) is 19.4. The molecule has 5 nitrogen and oxygen atoms in total. The normalized spacial score (nSPS) is 16.0. The molecule has 40 heavy (non-hydrogen) atoms. The van der Waals surface area contributed by atoms with Gasteiger partial charge in [0.05, 0.1) is 11.3 Å². The van der Waals surface area contributed by atoms with Gasteiger partial charge >= 0.3 is 6.18 Å². The third-order valence-corrected chi connectivity index (χ3v) is 7.23. The minimum Gasteiger partial charge on any atom is -0.492 e. The third-order valence-electron chi connectivity index (χ3n) is 7.23. The van der Waals surface area contributed by atoms with Crippen LogP contribution in [-0.4, -0.2) is 42.0 Å². The van der Waals surface area contributed by atoms with Crippen LogP contribution in [0.2, 0.25) is 0 Å². The van der Waals surface area contributed by atoms with Gasteiger partial charge in [0.25, 0.3) is 5.91 Å². The SMILES string of the molecule is CC1(C)CCCN(CCOc2cc(NC(=O)c3ccc(-c4ncccc4C(F)(F)F)cc3)ccc2C(C)(C)C)C1. The van der Waals surface area contributed by atoms with Crippen molar-refractivity contribution in [2.24, 2.45) is 5.41 Å². The number of aromatic nitrogens is 1. The molecule has 0 aliphatic carbocycles. The van der Waals surface area contributed by atoms with Crippen molar-refractivity contribution in [1.82, 2.24) is 9.88 Å². The molecule has 1 aliphatic rings. The number of rotatable bonds is 7. The first-order valence-electron chi connectivity index (χ1n) is 13.7. The van der Waals surface area contributed by atoms with Crippen LogP contribution in [0.15, 0.2) is 60.8 Å². The van der Waals surface area contributed by atoms with Crippen molar-refractivity contribution >= 4 is 11.6 Å². The minimum absolute atomic E-state index is 0.151. The minimum atomic E-state index is -4.52. The van der Waals surface area contributed by atoms with Crippen molar-refractivity contribution in [1.29, 1.82) is 0 Å². The molecule has 1 aliphatic heterocycles. The van der Waals surface area contributed by atoms with E-state index >= 15 is 0 Å². The van der Waals surface area contributed by atoms with E-state index in [1.165, 1.54) is 49.4 Å². The largest absolute Gasteiger partial charge is 0.492 e. The van der Waals surface area contributed by atoms with Gasteiger partial charge in [-0.2, -0.15) is 13.2 Å². The van der Waals surface area contributed by atoms with Crippen molar-refractivity contribution in [2.75, 3.05) is 31.6 Å². The number of pyridine rings is 1. The van der Waals surface area contributed by atoms with Crippen LogP contribution < -0.4 is 10.1 Å². The molecule has 0 atom stereocenters. The average molecular weight is 554 g/mol. The van der Waals surface area contributed by atoms with Gasteiger partial charge in [-0.1, -0.05) is 52.8 Å². The maximum absolute atomic E-state index is 13.4. The molecule has 0 saturated carbocycles. The lowest BCUT2D eigenvalue weighted by atomic mass is 9.84. The Morgan fingerprint density at radius 2 is 1.77 bits per heavy atom. The molecule has 0 spiro atoms. The van der Waals surface area contributed by atoms with Crippen molar-refractivity contribution in [3.63, 3.8) is 0 Å². The molecule has 0 unspecified atom stereocenters. The number of piperidine rings is 1. The number of alkyl halides is 3. The van der Waals surface area contributed by atoms with E-state index in [-0.39, 0.29) is 22.6 Å². The number of carbonyl (C=O) groups is 1. The Labute approximate surface area is 234 Å². The average Bonchev–Trinajstić information content (AvgIpc) is 2.87. The summed E-state index contributed by atoms with van der Waals surface area (Å²) in [7, 11) is 0. The fourth-order valence-electron chi connectivity index (χ4n) is 5.21. The maximum atomic E-state index is 13.4. The van der Waals surface area contributed by atoms with Crippen LogP contribution in [0, 0.1) is 5.41 Å². The van der Waals surface area contributed by atoms with Crippen LogP contribution in [0.25, 0.3) is 11.3 Å². The summed E-state index contributed by atoms with van der Waals surface area (Å²) in [6, 6.07) is 13.9. The number of anilines is 1. The number of nitrogens with zero attached hydrogens (tertiary/aromatic N) is 2. The molecule has 2 heterocycles. The molecule has 8 heteroatoms. The third kappa shape index (κ3) is 7.42. The molecule has 214 valence electrons. The summed E-state index contributed by atoms with van der Waals surface area (Å²) >= 11 is 0. The highest BCUT2D eigenvalue weighted by Gasteiger charge is 2.34. The fourth-order valence-corrected chi connectivity index (χ4v) is 5.21. The van der Waals surface area contributed by atoms with E-state index in [9.17, 15) is 18.0 Å². The molecular formula is C32H38F3N3O2. The van der Waals surface area contributed by atoms with Crippen molar-refractivity contribution in [3.05, 3.63) is 77.5 Å². The molecule has 1 N–H and O–H groups in total. The number of carbonyl (C=O) groups excluding carboxylic acids is 1. The van der Waals surface area contributed by atoms with Gasteiger partial charge in [-0.25, -0.2) is 0 Å². The maximum Gasteiger partial charge on any atom is 0.418 e. The topological polar surface area (TPSA) is 54.5 Å². The number of ether oxygens (including phenoxy) is 1. The van der Waals surface area contributed by atoms with Crippen LogP contribution in [0.4, 0.5) is 18.9 Å². The summed E-state index contributed by atoms with van der Waals surface area (Å²) in [6.07, 6.45) is -0.781. The second-order valence-corrected chi connectivity index (χ2v) is 12.3. The summed E-state index contributed by atoms with van der Waals surface area (Å²) in [5.74, 6) is 0.361. The molecule has 1 saturated heterocycles. The quantitative estimate of drug-likeness (QED) is 0.324. The van der Waals surface area contributed by atoms with Crippen molar-refractivity contribution in [2.45, 2.75) is 59.1 Å². The molecule has 1 amide bonds. The highest BCUT2D eigenvalue weighted by Crippen LogP contribution is 2.36.